The maximum atomic E-state index is 12.6. The molecule has 2 amide bonds. The van der Waals surface area contributed by atoms with Gasteiger partial charge >= 0.3 is 5.97 Å². The number of hydrogen-bond donors (Lipinski definition) is 0. The lowest BCUT2D eigenvalue weighted by molar-refractivity contribution is -0.131. The Hall–Kier alpha value is -2.57. The number of carbonyl (C=O) groups excluding carboxylic acids is 3. The van der Waals surface area contributed by atoms with Crippen LogP contribution in [0.15, 0.2) is 23.2 Å². The predicted octanol–water partition coefficient (Wildman–Crippen LogP) is 1.77. The van der Waals surface area contributed by atoms with Crippen LogP contribution in [0.5, 0.6) is 0 Å². The Morgan fingerprint density at radius 1 is 1.20 bits per heavy atom. The maximum Gasteiger partial charge on any atom is 0.338 e. The van der Waals surface area contributed by atoms with E-state index in [1.807, 2.05) is 6.92 Å². The first kappa shape index (κ1) is 27.0. The largest absolute Gasteiger partial charge is 0.462 e. The number of esters is 1. The fraction of sp³-hybridized carbons (Fsp3) is 0.565. The van der Waals surface area contributed by atoms with Gasteiger partial charge in [0.15, 0.2) is 14.6 Å². The van der Waals surface area contributed by atoms with Crippen molar-refractivity contribution < 1.29 is 32.3 Å². The highest BCUT2D eigenvalue weighted by Gasteiger charge is 2.28. The van der Waals surface area contributed by atoms with Crippen molar-refractivity contribution in [2.45, 2.75) is 45.7 Å². The number of ether oxygens (including phenoxy) is 2. The van der Waals surface area contributed by atoms with Crippen molar-refractivity contribution in [3.05, 3.63) is 28.6 Å². The molecule has 0 aliphatic carbocycles. The first-order valence-corrected chi connectivity index (χ1v) is 14.2. The summed E-state index contributed by atoms with van der Waals surface area (Å²) in [4.78, 5) is 43.2. The molecule has 2 heterocycles. The number of methoxy groups -OCH3 is 1. The predicted molar refractivity (Wildman–Crippen MR) is 132 cm³/mol. The van der Waals surface area contributed by atoms with Crippen molar-refractivity contribution >= 4 is 49.2 Å². The molecule has 12 heteroatoms. The van der Waals surface area contributed by atoms with E-state index in [4.69, 9.17) is 9.47 Å². The maximum absolute atomic E-state index is 12.6. The van der Waals surface area contributed by atoms with Gasteiger partial charge < -0.3 is 18.9 Å². The van der Waals surface area contributed by atoms with Crippen molar-refractivity contribution in [2.75, 3.05) is 38.4 Å². The quantitative estimate of drug-likeness (QED) is 0.457. The van der Waals surface area contributed by atoms with E-state index in [0.29, 0.717) is 30.0 Å². The third-order valence-corrected chi connectivity index (χ3v) is 8.16. The Labute approximate surface area is 208 Å². The van der Waals surface area contributed by atoms with Crippen LogP contribution in [-0.4, -0.2) is 80.1 Å². The number of fused-ring (bicyclic) bond motifs is 1. The average molecular weight is 526 g/mol. The van der Waals surface area contributed by atoms with Crippen LogP contribution in [0.1, 0.15) is 43.5 Å². The summed E-state index contributed by atoms with van der Waals surface area (Å²) in [6, 6.07) is 5.00. The molecule has 0 radical (unpaired) electrons. The smallest absolute Gasteiger partial charge is 0.338 e. The molecule has 1 aliphatic heterocycles. The van der Waals surface area contributed by atoms with Gasteiger partial charge in [-0.15, -0.1) is 0 Å². The van der Waals surface area contributed by atoms with E-state index < -0.39 is 39.1 Å². The van der Waals surface area contributed by atoms with Crippen LogP contribution in [-0.2, 0) is 35.4 Å². The minimum atomic E-state index is -3.98. The van der Waals surface area contributed by atoms with E-state index >= 15 is 0 Å². The van der Waals surface area contributed by atoms with Gasteiger partial charge in [-0.25, -0.2) is 13.2 Å². The van der Waals surface area contributed by atoms with Gasteiger partial charge in [-0.05, 0) is 51.3 Å². The summed E-state index contributed by atoms with van der Waals surface area (Å²) in [6.45, 7) is 5.11. The van der Waals surface area contributed by atoms with Gasteiger partial charge in [0.1, 0.15) is 11.5 Å². The zero-order valence-electron chi connectivity index (χ0n) is 20.2. The number of aromatic nitrogens is 1. The SMILES string of the molecule is CCOC(=O)c1ccc2c(c1)sc(=NC(=O)CS(=O)(=O)CC(=O)N1CCCCC1C)n2CCOC. The summed E-state index contributed by atoms with van der Waals surface area (Å²) < 4.78 is 37.8. The van der Waals surface area contributed by atoms with Gasteiger partial charge in [-0.3, -0.25) is 9.59 Å². The topological polar surface area (TPSA) is 124 Å². The number of benzene rings is 1. The number of thiazole rings is 1. The molecular weight excluding hydrogens is 494 g/mol. The first-order valence-electron chi connectivity index (χ1n) is 11.5. The fourth-order valence-corrected chi connectivity index (χ4v) is 6.21. The molecule has 1 aromatic heterocycles. The summed E-state index contributed by atoms with van der Waals surface area (Å²) in [5, 5.41) is 0. The van der Waals surface area contributed by atoms with Gasteiger partial charge in [-0.1, -0.05) is 11.3 Å². The Morgan fingerprint density at radius 3 is 2.66 bits per heavy atom. The monoisotopic (exact) mass is 525 g/mol. The van der Waals surface area contributed by atoms with Crippen molar-refractivity contribution in [3.63, 3.8) is 0 Å². The molecule has 1 unspecified atom stereocenters. The van der Waals surface area contributed by atoms with Crippen LogP contribution in [0.2, 0.25) is 0 Å². The lowest BCUT2D eigenvalue weighted by Gasteiger charge is -2.33. The molecule has 1 aromatic carbocycles. The normalized spacial score (nSPS) is 17.1. The number of piperidine rings is 1. The second-order valence-corrected chi connectivity index (χ2v) is 11.5. The summed E-state index contributed by atoms with van der Waals surface area (Å²) >= 11 is 1.16. The van der Waals surface area contributed by atoms with Gasteiger partial charge in [0.05, 0.1) is 29.0 Å². The molecule has 0 saturated carbocycles. The molecule has 10 nitrogen and oxygen atoms in total. The van der Waals surface area contributed by atoms with Crippen LogP contribution >= 0.6 is 11.3 Å². The molecule has 0 bridgehead atoms. The van der Waals surface area contributed by atoms with Gasteiger partial charge in [0.25, 0.3) is 5.91 Å². The second kappa shape index (κ2) is 11.9. The van der Waals surface area contributed by atoms with E-state index in [9.17, 15) is 22.8 Å². The average Bonchev–Trinajstić information content (AvgIpc) is 3.12. The molecule has 1 aliphatic rings. The number of carbonyl (C=O) groups is 3. The summed E-state index contributed by atoms with van der Waals surface area (Å²) in [6.07, 6.45) is 2.69. The highest BCUT2D eigenvalue weighted by Crippen LogP contribution is 2.20. The molecular formula is C23H31N3O7S2. The van der Waals surface area contributed by atoms with Crippen molar-refractivity contribution in [1.29, 1.82) is 0 Å². The third-order valence-electron chi connectivity index (χ3n) is 5.74. The standard InChI is InChI=1S/C23H31N3O7S2/c1-4-33-22(29)17-8-9-18-19(13-17)34-23(26(18)11-12-32-3)24-20(27)14-35(30,31)15-21(28)25-10-6-5-7-16(25)2/h8-9,13,16H,4-7,10-12,14-15H2,1-3H3. The van der Waals surface area contributed by atoms with E-state index in [1.54, 1.807) is 41.7 Å². The molecule has 192 valence electrons. The lowest BCUT2D eigenvalue weighted by atomic mass is 10.0. The number of amides is 2. The van der Waals surface area contributed by atoms with Crippen molar-refractivity contribution in [2.24, 2.45) is 4.99 Å². The Balaban J connectivity index is 1.84. The summed E-state index contributed by atoms with van der Waals surface area (Å²) in [5.41, 5.74) is 1.09. The molecule has 0 spiro atoms. The Bertz CT molecular complexity index is 1260. The van der Waals surface area contributed by atoms with Crippen molar-refractivity contribution in [1.82, 2.24) is 9.47 Å². The number of rotatable bonds is 9. The van der Waals surface area contributed by atoms with E-state index in [1.165, 1.54) is 0 Å². The Morgan fingerprint density at radius 2 is 1.97 bits per heavy atom. The number of hydrogen-bond acceptors (Lipinski definition) is 8. The highest BCUT2D eigenvalue weighted by molar-refractivity contribution is 7.92. The van der Waals surface area contributed by atoms with Crippen molar-refractivity contribution in [3.8, 4) is 0 Å². The van der Waals surface area contributed by atoms with E-state index in [-0.39, 0.29) is 17.5 Å². The minimum Gasteiger partial charge on any atom is -0.462 e. The van der Waals surface area contributed by atoms with E-state index in [2.05, 4.69) is 4.99 Å². The van der Waals surface area contributed by atoms with Gasteiger partial charge in [-0.2, -0.15) is 4.99 Å². The van der Waals surface area contributed by atoms with E-state index in [0.717, 1.165) is 36.1 Å². The van der Waals surface area contributed by atoms with Crippen LogP contribution in [0.3, 0.4) is 0 Å². The number of nitrogens with zero attached hydrogens (tertiary/aromatic N) is 3. The zero-order chi connectivity index (χ0) is 25.6. The zero-order valence-corrected chi connectivity index (χ0v) is 21.8. The minimum absolute atomic E-state index is 0.00960. The first-order chi connectivity index (χ1) is 16.6. The lowest BCUT2D eigenvalue weighted by Crippen LogP contribution is -2.45. The fourth-order valence-electron chi connectivity index (χ4n) is 4.02. The van der Waals surface area contributed by atoms with Crippen LogP contribution in [0.4, 0.5) is 0 Å². The molecule has 3 rings (SSSR count). The van der Waals surface area contributed by atoms with Crippen LogP contribution < -0.4 is 4.80 Å². The Kier molecular flexibility index (Phi) is 9.20. The highest BCUT2D eigenvalue weighted by atomic mass is 32.2. The second-order valence-electron chi connectivity index (χ2n) is 8.40. The number of sulfone groups is 1. The molecule has 1 saturated heterocycles. The molecule has 1 atom stereocenters. The number of likely N-dealkylation sites (tertiary alicyclic amines) is 1. The molecule has 2 aromatic rings. The van der Waals surface area contributed by atoms with Gasteiger partial charge in [0.2, 0.25) is 5.91 Å². The molecule has 1 fully saturated rings. The third kappa shape index (κ3) is 6.98. The summed E-state index contributed by atoms with van der Waals surface area (Å²) in [7, 11) is -2.44. The molecule has 0 N–H and O–H groups in total. The van der Waals surface area contributed by atoms with Crippen LogP contribution in [0.25, 0.3) is 10.2 Å². The summed E-state index contributed by atoms with van der Waals surface area (Å²) in [5.74, 6) is -3.36. The molecule has 35 heavy (non-hydrogen) atoms. The van der Waals surface area contributed by atoms with Crippen LogP contribution in [0, 0.1) is 0 Å². The van der Waals surface area contributed by atoms with Gasteiger partial charge in [0, 0.05) is 26.2 Å².